The van der Waals surface area contributed by atoms with Crippen molar-refractivity contribution in [2.24, 2.45) is 0 Å². The van der Waals surface area contributed by atoms with Gasteiger partial charge >= 0.3 is 0 Å². The minimum absolute atomic E-state index is 0.0804. The molecule has 1 aliphatic rings. The smallest absolute Gasteiger partial charge is 0.268 e. The molecule has 6 heteroatoms. The van der Waals surface area contributed by atoms with Crippen LogP contribution in [0.2, 0.25) is 0 Å². The summed E-state index contributed by atoms with van der Waals surface area (Å²) in [6, 6.07) is 17.0. The number of rotatable bonds is 3. The van der Waals surface area contributed by atoms with Crippen LogP contribution in [0.4, 0.5) is 0 Å². The van der Waals surface area contributed by atoms with E-state index in [0.717, 1.165) is 22.5 Å². The van der Waals surface area contributed by atoms with Crippen LogP contribution in [0.3, 0.4) is 0 Å². The lowest BCUT2D eigenvalue weighted by atomic mass is 9.97. The van der Waals surface area contributed by atoms with Crippen molar-refractivity contribution in [1.29, 1.82) is 0 Å². The molecular weight excluding hydrogens is 348 g/mol. The van der Waals surface area contributed by atoms with E-state index in [1.807, 2.05) is 6.07 Å². The highest BCUT2D eigenvalue weighted by Gasteiger charge is 2.28. The van der Waals surface area contributed by atoms with Gasteiger partial charge in [0, 0.05) is 11.1 Å². The third kappa shape index (κ3) is 2.76. The van der Waals surface area contributed by atoms with E-state index in [1.165, 1.54) is 12.1 Å². The van der Waals surface area contributed by atoms with E-state index < -0.39 is 15.6 Å². The zero-order valence-corrected chi connectivity index (χ0v) is 14.9. The molecule has 5 nitrogen and oxygen atoms in total. The summed E-state index contributed by atoms with van der Waals surface area (Å²) in [4.78, 5) is 17.9. The van der Waals surface area contributed by atoms with Gasteiger partial charge in [0.05, 0.1) is 10.6 Å². The van der Waals surface area contributed by atoms with Gasteiger partial charge in [0.15, 0.2) is 5.82 Å². The standard InChI is InChI=1S/C20H18N2O3S/c23-20-17-13-7-8-14-18(17)21-19(15-9-3-1-4-10-15)22(20)26(24,25)16-11-5-2-6-12-16/h1-6,9-12H,7-8,13-14H2. The van der Waals surface area contributed by atoms with Crippen molar-refractivity contribution in [3.63, 3.8) is 0 Å². The zero-order valence-electron chi connectivity index (χ0n) is 14.1. The largest absolute Gasteiger partial charge is 0.272 e. The van der Waals surface area contributed by atoms with E-state index in [-0.39, 0.29) is 10.7 Å². The van der Waals surface area contributed by atoms with Crippen LogP contribution in [0, 0.1) is 0 Å². The first-order chi connectivity index (χ1) is 12.6. The molecule has 0 saturated heterocycles. The average Bonchev–Trinajstić information content (AvgIpc) is 2.69. The monoisotopic (exact) mass is 366 g/mol. The van der Waals surface area contributed by atoms with Gasteiger partial charge in [0.25, 0.3) is 15.6 Å². The maximum Gasteiger partial charge on any atom is 0.272 e. The van der Waals surface area contributed by atoms with Crippen molar-refractivity contribution in [3.05, 3.63) is 82.3 Å². The fraction of sp³-hybridized carbons (Fsp3) is 0.200. The van der Waals surface area contributed by atoms with Crippen LogP contribution >= 0.6 is 0 Å². The Balaban J connectivity index is 2.06. The molecule has 1 aliphatic carbocycles. The topological polar surface area (TPSA) is 69.0 Å². The van der Waals surface area contributed by atoms with Crippen LogP contribution < -0.4 is 5.56 Å². The quantitative estimate of drug-likeness (QED) is 0.714. The Morgan fingerprint density at radius 2 is 1.46 bits per heavy atom. The van der Waals surface area contributed by atoms with E-state index >= 15 is 0 Å². The third-order valence-electron chi connectivity index (χ3n) is 4.63. The molecule has 132 valence electrons. The van der Waals surface area contributed by atoms with Crippen molar-refractivity contribution in [1.82, 2.24) is 8.96 Å². The maximum atomic E-state index is 13.3. The Hall–Kier alpha value is -2.73. The van der Waals surface area contributed by atoms with Crippen molar-refractivity contribution >= 4 is 10.0 Å². The lowest BCUT2D eigenvalue weighted by Crippen LogP contribution is -2.34. The molecule has 4 rings (SSSR count). The van der Waals surface area contributed by atoms with E-state index in [4.69, 9.17) is 0 Å². The SMILES string of the molecule is O=c1c2c(nc(-c3ccccc3)n1S(=O)(=O)c1ccccc1)CCCC2. The number of hydrogen-bond acceptors (Lipinski definition) is 4. The van der Waals surface area contributed by atoms with Gasteiger partial charge in [-0.3, -0.25) is 4.79 Å². The van der Waals surface area contributed by atoms with Crippen molar-refractivity contribution in [3.8, 4) is 11.4 Å². The lowest BCUT2D eigenvalue weighted by molar-refractivity contribution is 0.581. The van der Waals surface area contributed by atoms with Gasteiger partial charge in [0.1, 0.15) is 0 Å². The minimum atomic E-state index is -4.04. The predicted octanol–water partition coefficient (Wildman–Crippen LogP) is 3.03. The van der Waals surface area contributed by atoms with Crippen LogP contribution in [-0.2, 0) is 22.9 Å². The molecule has 0 atom stereocenters. The summed E-state index contributed by atoms with van der Waals surface area (Å²) in [6.07, 6.45) is 3.11. The normalized spacial score (nSPS) is 14.0. The van der Waals surface area contributed by atoms with Crippen LogP contribution in [0.25, 0.3) is 11.4 Å². The van der Waals surface area contributed by atoms with Crippen molar-refractivity contribution < 1.29 is 8.42 Å². The highest BCUT2D eigenvalue weighted by molar-refractivity contribution is 7.90. The summed E-state index contributed by atoms with van der Waals surface area (Å²) in [6.45, 7) is 0. The van der Waals surface area contributed by atoms with Crippen LogP contribution in [0.15, 0.2) is 70.4 Å². The van der Waals surface area contributed by atoms with Crippen molar-refractivity contribution in [2.75, 3.05) is 0 Å². The second kappa shape index (κ2) is 6.53. The molecule has 0 bridgehead atoms. The molecule has 0 unspecified atom stereocenters. The van der Waals surface area contributed by atoms with E-state index in [1.54, 1.807) is 42.5 Å². The van der Waals surface area contributed by atoms with E-state index in [9.17, 15) is 13.2 Å². The number of aromatic nitrogens is 2. The Morgan fingerprint density at radius 1 is 0.846 bits per heavy atom. The molecule has 0 amide bonds. The van der Waals surface area contributed by atoms with Crippen molar-refractivity contribution in [2.45, 2.75) is 30.6 Å². The molecule has 1 heterocycles. The fourth-order valence-electron chi connectivity index (χ4n) is 3.33. The molecule has 26 heavy (non-hydrogen) atoms. The summed E-state index contributed by atoms with van der Waals surface area (Å²) < 4.78 is 27.4. The first-order valence-corrected chi connectivity index (χ1v) is 10.0. The fourth-order valence-corrected chi connectivity index (χ4v) is 4.74. The molecule has 1 aromatic heterocycles. The van der Waals surface area contributed by atoms with Gasteiger partial charge in [-0.05, 0) is 37.8 Å². The molecule has 0 saturated carbocycles. The van der Waals surface area contributed by atoms with Gasteiger partial charge in [-0.2, -0.15) is 3.97 Å². The highest BCUT2D eigenvalue weighted by atomic mass is 32.2. The zero-order chi connectivity index (χ0) is 18.1. The summed E-state index contributed by atoms with van der Waals surface area (Å²) in [5.41, 5.74) is 1.38. The molecule has 0 radical (unpaired) electrons. The molecule has 0 fully saturated rings. The summed E-state index contributed by atoms with van der Waals surface area (Å²) in [5, 5.41) is 0. The second-order valence-electron chi connectivity index (χ2n) is 6.32. The summed E-state index contributed by atoms with van der Waals surface area (Å²) in [5.74, 6) is 0.181. The van der Waals surface area contributed by atoms with Crippen LogP contribution in [0.1, 0.15) is 24.1 Å². The molecule has 0 spiro atoms. The van der Waals surface area contributed by atoms with E-state index in [2.05, 4.69) is 4.98 Å². The number of nitrogens with zero attached hydrogens (tertiary/aromatic N) is 2. The second-order valence-corrected chi connectivity index (χ2v) is 8.11. The predicted molar refractivity (Wildman–Crippen MR) is 99.6 cm³/mol. The Bertz CT molecular complexity index is 1110. The Labute approximate surface area is 152 Å². The highest BCUT2D eigenvalue weighted by Crippen LogP contribution is 2.25. The van der Waals surface area contributed by atoms with Crippen LogP contribution in [-0.4, -0.2) is 17.4 Å². The van der Waals surface area contributed by atoms with Gasteiger partial charge < -0.3 is 0 Å². The molecule has 3 aromatic rings. The van der Waals surface area contributed by atoms with Gasteiger partial charge in [-0.1, -0.05) is 48.5 Å². The summed E-state index contributed by atoms with van der Waals surface area (Å²) >= 11 is 0. The molecule has 2 aromatic carbocycles. The molecule has 0 aliphatic heterocycles. The first-order valence-electron chi connectivity index (χ1n) is 8.60. The van der Waals surface area contributed by atoms with Gasteiger partial charge in [-0.25, -0.2) is 13.4 Å². The number of fused-ring (bicyclic) bond motifs is 1. The lowest BCUT2D eigenvalue weighted by Gasteiger charge is -2.19. The summed E-state index contributed by atoms with van der Waals surface area (Å²) in [7, 11) is -4.04. The number of aryl methyl sites for hydroxylation is 1. The first kappa shape index (κ1) is 16.7. The maximum absolute atomic E-state index is 13.3. The Kier molecular flexibility index (Phi) is 4.20. The Morgan fingerprint density at radius 3 is 2.15 bits per heavy atom. The minimum Gasteiger partial charge on any atom is -0.268 e. The number of hydrogen-bond donors (Lipinski definition) is 0. The average molecular weight is 366 g/mol. The third-order valence-corrected chi connectivity index (χ3v) is 6.32. The van der Waals surface area contributed by atoms with Gasteiger partial charge in [0.2, 0.25) is 0 Å². The number of benzene rings is 2. The van der Waals surface area contributed by atoms with Gasteiger partial charge in [-0.15, -0.1) is 0 Å². The molecule has 0 N–H and O–H groups in total. The van der Waals surface area contributed by atoms with Crippen LogP contribution in [0.5, 0.6) is 0 Å². The van der Waals surface area contributed by atoms with E-state index in [0.29, 0.717) is 24.0 Å². The molecular formula is C20H18N2O3S.